The van der Waals surface area contributed by atoms with Crippen LogP contribution in [0.2, 0.25) is 0 Å². The first-order valence-electron chi connectivity index (χ1n) is 8.82. The fourth-order valence-corrected chi connectivity index (χ4v) is 2.68. The Hall–Kier alpha value is -1.57. The minimum absolute atomic E-state index is 0.117. The molecule has 26 heavy (non-hydrogen) atoms. The third kappa shape index (κ3) is 8.21. The van der Waals surface area contributed by atoms with E-state index in [1.807, 2.05) is 46.2 Å². The highest BCUT2D eigenvalue weighted by Crippen LogP contribution is 2.17. The van der Waals surface area contributed by atoms with E-state index in [0.29, 0.717) is 6.54 Å². The SMILES string of the molecule is CCC(=NC(C)/C(I)=C\NC)c1ccc(CNC(=O)OC(C)(C)C)cc1. The fraction of sp³-hybridized carbons (Fsp3) is 0.500. The van der Waals surface area contributed by atoms with Gasteiger partial charge in [0, 0.05) is 29.1 Å². The minimum Gasteiger partial charge on any atom is -0.444 e. The zero-order chi connectivity index (χ0) is 19.7. The van der Waals surface area contributed by atoms with E-state index in [0.717, 1.165) is 26.8 Å². The van der Waals surface area contributed by atoms with Crippen molar-refractivity contribution in [3.63, 3.8) is 0 Å². The number of ether oxygens (including phenoxy) is 1. The second kappa shape index (κ2) is 10.5. The monoisotopic (exact) mass is 471 g/mol. The molecular weight excluding hydrogens is 441 g/mol. The number of hydrogen-bond donors (Lipinski definition) is 2. The van der Waals surface area contributed by atoms with Crippen LogP contribution in [0, 0.1) is 0 Å². The molecule has 1 rings (SSSR count). The highest BCUT2D eigenvalue weighted by Gasteiger charge is 2.15. The smallest absolute Gasteiger partial charge is 0.407 e. The summed E-state index contributed by atoms with van der Waals surface area (Å²) in [5.74, 6) is 0. The Labute approximate surface area is 170 Å². The Bertz CT molecular complexity index is 646. The van der Waals surface area contributed by atoms with Gasteiger partial charge in [-0.3, -0.25) is 4.99 Å². The first-order valence-corrected chi connectivity index (χ1v) is 9.89. The van der Waals surface area contributed by atoms with Gasteiger partial charge in [0.15, 0.2) is 0 Å². The number of hydrogen-bond acceptors (Lipinski definition) is 4. The molecule has 5 nitrogen and oxygen atoms in total. The van der Waals surface area contributed by atoms with Gasteiger partial charge in [-0.15, -0.1) is 0 Å². The van der Waals surface area contributed by atoms with Gasteiger partial charge in [0.05, 0.1) is 6.04 Å². The van der Waals surface area contributed by atoms with Crippen molar-refractivity contribution in [1.82, 2.24) is 10.6 Å². The molecule has 0 bridgehead atoms. The molecular formula is C20H30IN3O2. The van der Waals surface area contributed by atoms with Crippen LogP contribution in [0.15, 0.2) is 39.0 Å². The third-order valence-corrected chi connectivity index (χ3v) is 4.70. The molecule has 0 fully saturated rings. The van der Waals surface area contributed by atoms with Crippen molar-refractivity contribution in [2.45, 2.75) is 59.2 Å². The lowest BCUT2D eigenvalue weighted by atomic mass is 10.1. The molecule has 0 spiro atoms. The quantitative estimate of drug-likeness (QED) is 0.444. The van der Waals surface area contributed by atoms with Gasteiger partial charge < -0.3 is 15.4 Å². The van der Waals surface area contributed by atoms with Crippen molar-refractivity contribution in [2.75, 3.05) is 7.05 Å². The summed E-state index contributed by atoms with van der Waals surface area (Å²) < 4.78 is 6.41. The molecule has 0 saturated carbocycles. The van der Waals surface area contributed by atoms with Gasteiger partial charge in [0.25, 0.3) is 0 Å². The van der Waals surface area contributed by atoms with Gasteiger partial charge in [-0.1, -0.05) is 31.2 Å². The van der Waals surface area contributed by atoms with Crippen LogP contribution >= 0.6 is 22.6 Å². The highest BCUT2D eigenvalue weighted by molar-refractivity contribution is 14.1. The van der Waals surface area contributed by atoms with Crippen molar-refractivity contribution in [3.8, 4) is 0 Å². The van der Waals surface area contributed by atoms with Gasteiger partial charge in [-0.25, -0.2) is 4.79 Å². The molecule has 2 N–H and O–H groups in total. The second-order valence-electron chi connectivity index (χ2n) is 6.98. The topological polar surface area (TPSA) is 62.7 Å². The lowest BCUT2D eigenvalue weighted by Gasteiger charge is -2.19. The molecule has 1 atom stereocenters. The summed E-state index contributed by atoms with van der Waals surface area (Å²) in [4.78, 5) is 16.6. The van der Waals surface area contributed by atoms with Gasteiger partial charge in [0.2, 0.25) is 0 Å². The molecule has 6 heteroatoms. The lowest BCUT2D eigenvalue weighted by molar-refractivity contribution is 0.0523. The second-order valence-corrected chi connectivity index (χ2v) is 8.22. The number of rotatable bonds is 7. The number of carbonyl (C=O) groups excluding carboxylic acids is 1. The maximum Gasteiger partial charge on any atom is 0.407 e. The van der Waals surface area contributed by atoms with Crippen molar-refractivity contribution >= 4 is 34.4 Å². The Morgan fingerprint density at radius 1 is 1.31 bits per heavy atom. The van der Waals surface area contributed by atoms with Crippen molar-refractivity contribution < 1.29 is 9.53 Å². The Morgan fingerprint density at radius 2 is 1.92 bits per heavy atom. The first kappa shape index (κ1) is 22.5. The molecule has 0 heterocycles. The number of benzene rings is 1. The maximum atomic E-state index is 11.7. The normalized spacial score (nSPS) is 14.0. The summed E-state index contributed by atoms with van der Waals surface area (Å²) in [5, 5.41) is 5.81. The van der Waals surface area contributed by atoms with Crippen LogP contribution in [0.5, 0.6) is 0 Å². The molecule has 0 aliphatic carbocycles. The van der Waals surface area contributed by atoms with E-state index in [2.05, 4.69) is 59.2 Å². The average Bonchev–Trinajstić information content (AvgIpc) is 2.57. The predicted octanol–water partition coefficient (Wildman–Crippen LogP) is 4.79. The van der Waals surface area contributed by atoms with Gasteiger partial charge >= 0.3 is 6.09 Å². The Balaban J connectivity index is 2.75. The zero-order valence-corrected chi connectivity index (χ0v) is 18.7. The molecule has 0 aliphatic heterocycles. The van der Waals surface area contributed by atoms with E-state index in [-0.39, 0.29) is 6.04 Å². The van der Waals surface area contributed by atoms with Gasteiger partial charge in [-0.05, 0) is 67.8 Å². The molecule has 1 unspecified atom stereocenters. The number of alkyl carbamates (subject to hydrolysis) is 1. The van der Waals surface area contributed by atoms with E-state index >= 15 is 0 Å². The highest BCUT2D eigenvalue weighted by atomic mass is 127. The van der Waals surface area contributed by atoms with E-state index in [4.69, 9.17) is 9.73 Å². The van der Waals surface area contributed by atoms with Crippen LogP contribution in [0.4, 0.5) is 4.79 Å². The minimum atomic E-state index is -0.490. The summed E-state index contributed by atoms with van der Waals surface area (Å²) in [6, 6.07) is 8.24. The van der Waals surface area contributed by atoms with Crippen LogP contribution < -0.4 is 10.6 Å². The molecule has 0 aromatic heterocycles. The zero-order valence-electron chi connectivity index (χ0n) is 16.5. The van der Waals surface area contributed by atoms with E-state index in [1.165, 1.54) is 0 Å². The fourth-order valence-electron chi connectivity index (χ4n) is 2.23. The molecule has 0 aliphatic rings. The van der Waals surface area contributed by atoms with Crippen molar-refractivity contribution in [1.29, 1.82) is 0 Å². The van der Waals surface area contributed by atoms with E-state index in [9.17, 15) is 4.79 Å². The van der Waals surface area contributed by atoms with Crippen LogP contribution in [0.1, 0.15) is 52.2 Å². The molecule has 1 aromatic rings. The third-order valence-electron chi connectivity index (χ3n) is 3.49. The average molecular weight is 471 g/mol. The number of halogens is 1. The molecule has 0 radical (unpaired) electrons. The summed E-state index contributed by atoms with van der Waals surface area (Å²) in [6.45, 7) is 10.2. The van der Waals surface area contributed by atoms with Crippen LogP contribution in [0.3, 0.4) is 0 Å². The summed E-state index contributed by atoms with van der Waals surface area (Å²) in [6.07, 6.45) is 2.42. The molecule has 1 amide bonds. The summed E-state index contributed by atoms with van der Waals surface area (Å²) in [5.41, 5.74) is 2.71. The standard InChI is InChI=1S/C20H30IN3O2/c1-7-18(24-14(2)17(21)13-22-6)16-10-8-15(9-11-16)12-23-19(25)26-20(3,4)5/h8-11,13-14,22H,7,12H2,1-6H3,(H,23,25)/b17-13+,24-18?. The Kier molecular flexibility index (Phi) is 9.12. The summed E-state index contributed by atoms with van der Waals surface area (Å²) >= 11 is 2.31. The van der Waals surface area contributed by atoms with Gasteiger partial charge in [0.1, 0.15) is 5.60 Å². The summed E-state index contributed by atoms with van der Waals surface area (Å²) in [7, 11) is 1.89. The number of aliphatic imine (C=N–C) groups is 1. The number of amides is 1. The van der Waals surface area contributed by atoms with Crippen LogP contribution in [-0.2, 0) is 11.3 Å². The molecule has 0 saturated heterocycles. The number of carbonyl (C=O) groups is 1. The van der Waals surface area contributed by atoms with Crippen LogP contribution in [-0.4, -0.2) is 30.5 Å². The Morgan fingerprint density at radius 3 is 2.42 bits per heavy atom. The maximum absolute atomic E-state index is 11.7. The predicted molar refractivity (Wildman–Crippen MR) is 117 cm³/mol. The first-order chi connectivity index (χ1) is 12.2. The van der Waals surface area contributed by atoms with Crippen LogP contribution in [0.25, 0.3) is 0 Å². The molecule has 1 aromatic carbocycles. The largest absolute Gasteiger partial charge is 0.444 e. The van der Waals surface area contributed by atoms with E-state index < -0.39 is 11.7 Å². The van der Waals surface area contributed by atoms with E-state index in [1.54, 1.807) is 0 Å². The van der Waals surface area contributed by atoms with Gasteiger partial charge in [-0.2, -0.15) is 0 Å². The molecule has 144 valence electrons. The number of nitrogens with zero attached hydrogens (tertiary/aromatic N) is 1. The lowest BCUT2D eigenvalue weighted by Crippen LogP contribution is -2.32. The van der Waals surface area contributed by atoms with Crippen molar-refractivity contribution in [2.24, 2.45) is 4.99 Å². The van der Waals surface area contributed by atoms with Crippen molar-refractivity contribution in [3.05, 3.63) is 45.2 Å². The number of nitrogens with one attached hydrogen (secondary N) is 2.